The summed E-state index contributed by atoms with van der Waals surface area (Å²) in [7, 11) is 0. The van der Waals surface area contributed by atoms with E-state index in [0.717, 1.165) is 30.5 Å². The van der Waals surface area contributed by atoms with Gasteiger partial charge in [0.25, 0.3) is 0 Å². The molecule has 1 heterocycles. The molecule has 1 aromatic heterocycles. The minimum atomic E-state index is -0.450. The van der Waals surface area contributed by atoms with Crippen LogP contribution in [-0.2, 0) is 6.42 Å². The lowest BCUT2D eigenvalue weighted by atomic mass is 9.81. The van der Waals surface area contributed by atoms with Gasteiger partial charge in [0.2, 0.25) is 0 Å². The number of rotatable bonds is 2. The van der Waals surface area contributed by atoms with Gasteiger partial charge < -0.3 is 5.11 Å². The summed E-state index contributed by atoms with van der Waals surface area (Å²) >= 11 is 0. The Hall–Kier alpha value is -1.67. The van der Waals surface area contributed by atoms with Crippen molar-refractivity contribution < 1.29 is 5.11 Å². The van der Waals surface area contributed by atoms with E-state index in [9.17, 15) is 5.11 Å². The van der Waals surface area contributed by atoms with E-state index in [4.69, 9.17) is 0 Å². The van der Waals surface area contributed by atoms with Gasteiger partial charge in [-0.3, -0.25) is 4.98 Å². The quantitative estimate of drug-likeness (QED) is 0.888. The number of hydrogen-bond donors (Lipinski definition) is 1. The van der Waals surface area contributed by atoms with Crippen molar-refractivity contribution in [3.63, 3.8) is 0 Å². The highest BCUT2D eigenvalue weighted by atomic mass is 16.3. The largest absolute Gasteiger partial charge is 0.388 e. The maximum absolute atomic E-state index is 10.7. The molecule has 0 aliphatic heterocycles. The number of fused-ring (bicyclic) bond motifs is 1. The van der Waals surface area contributed by atoms with Gasteiger partial charge in [0.1, 0.15) is 0 Å². The molecule has 0 radical (unpaired) electrons. The van der Waals surface area contributed by atoms with Crippen molar-refractivity contribution in [2.75, 3.05) is 0 Å². The first kappa shape index (κ1) is 12.4. The Morgan fingerprint density at radius 2 is 2.16 bits per heavy atom. The molecule has 19 heavy (non-hydrogen) atoms. The number of aliphatic hydroxyl groups excluding tert-OH is 1. The van der Waals surface area contributed by atoms with E-state index in [1.807, 2.05) is 24.4 Å². The van der Waals surface area contributed by atoms with Gasteiger partial charge in [-0.05, 0) is 43.4 Å². The van der Waals surface area contributed by atoms with Crippen molar-refractivity contribution in [3.8, 4) is 0 Å². The van der Waals surface area contributed by atoms with Gasteiger partial charge in [-0.2, -0.15) is 0 Å². The summed E-state index contributed by atoms with van der Waals surface area (Å²) in [5, 5.41) is 10.7. The molecule has 0 amide bonds. The third kappa shape index (κ3) is 2.41. The third-order valence-electron chi connectivity index (χ3n) is 4.00. The molecule has 1 N–H and O–H groups in total. The highest BCUT2D eigenvalue weighted by Gasteiger charge is 2.28. The summed E-state index contributed by atoms with van der Waals surface area (Å²) in [5.41, 5.74) is 4.57. The van der Waals surface area contributed by atoms with E-state index in [2.05, 4.69) is 30.1 Å². The van der Waals surface area contributed by atoms with Crippen LogP contribution in [0.1, 0.15) is 47.2 Å². The Balaban J connectivity index is 1.95. The van der Waals surface area contributed by atoms with Gasteiger partial charge in [-0.25, -0.2) is 0 Å². The van der Waals surface area contributed by atoms with Crippen molar-refractivity contribution in [2.45, 2.75) is 38.2 Å². The second kappa shape index (κ2) is 5.14. The first-order valence-electron chi connectivity index (χ1n) is 6.94. The molecule has 1 aliphatic rings. The molecule has 0 fully saturated rings. The van der Waals surface area contributed by atoms with Crippen LogP contribution in [0.15, 0.2) is 42.6 Å². The maximum Gasteiger partial charge on any atom is 0.0873 e. The molecule has 98 valence electrons. The van der Waals surface area contributed by atoms with Gasteiger partial charge in [0, 0.05) is 17.8 Å². The Bertz CT molecular complexity index is 579. The Kier molecular flexibility index (Phi) is 3.34. The van der Waals surface area contributed by atoms with Crippen LogP contribution in [0.3, 0.4) is 0 Å². The van der Waals surface area contributed by atoms with Crippen molar-refractivity contribution in [1.82, 2.24) is 4.98 Å². The molecular formula is C17H19NO. The summed E-state index contributed by atoms with van der Waals surface area (Å²) in [6, 6.07) is 12.3. The van der Waals surface area contributed by atoms with Crippen LogP contribution in [0.4, 0.5) is 0 Å². The fourth-order valence-corrected chi connectivity index (χ4v) is 3.04. The van der Waals surface area contributed by atoms with Gasteiger partial charge in [0.05, 0.1) is 6.10 Å². The molecule has 2 heteroatoms. The van der Waals surface area contributed by atoms with E-state index in [1.54, 1.807) is 0 Å². The molecule has 0 saturated carbocycles. The zero-order chi connectivity index (χ0) is 13.2. The number of aromatic nitrogens is 1. The third-order valence-corrected chi connectivity index (χ3v) is 4.00. The van der Waals surface area contributed by atoms with Gasteiger partial charge in [0.15, 0.2) is 0 Å². The first-order chi connectivity index (χ1) is 9.25. The van der Waals surface area contributed by atoms with Crippen LogP contribution in [0, 0.1) is 6.92 Å². The lowest BCUT2D eigenvalue weighted by molar-refractivity contribution is 0.134. The first-order valence-corrected chi connectivity index (χ1v) is 6.94. The van der Waals surface area contributed by atoms with Crippen molar-refractivity contribution in [2.24, 2.45) is 0 Å². The van der Waals surface area contributed by atoms with E-state index in [-0.39, 0.29) is 5.92 Å². The van der Waals surface area contributed by atoms with E-state index in [1.165, 1.54) is 11.1 Å². The van der Waals surface area contributed by atoms with Crippen molar-refractivity contribution >= 4 is 0 Å². The molecule has 2 aromatic rings. The number of benzene rings is 1. The van der Waals surface area contributed by atoms with Crippen LogP contribution < -0.4 is 0 Å². The van der Waals surface area contributed by atoms with Gasteiger partial charge >= 0.3 is 0 Å². The van der Waals surface area contributed by atoms with E-state index < -0.39 is 6.10 Å². The number of hydrogen-bond acceptors (Lipinski definition) is 2. The van der Waals surface area contributed by atoms with Crippen LogP contribution in [0.5, 0.6) is 0 Å². The topological polar surface area (TPSA) is 33.1 Å². The SMILES string of the molecule is Cc1cccc(C(O)C2CCCc3cccnc32)c1. The zero-order valence-corrected chi connectivity index (χ0v) is 11.2. The van der Waals surface area contributed by atoms with Crippen LogP contribution in [0.2, 0.25) is 0 Å². The fraction of sp³-hybridized carbons (Fsp3) is 0.353. The fourth-order valence-electron chi connectivity index (χ4n) is 3.04. The predicted octanol–water partition coefficient (Wildman–Crippen LogP) is 3.54. The Morgan fingerprint density at radius 3 is 3.00 bits per heavy atom. The molecule has 0 spiro atoms. The molecule has 2 nitrogen and oxygen atoms in total. The predicted molar refractivity (Wildman–Crippen MR) is 76.1 cm³/mol. The molecule has 2 atom stereocenters. The van der Waals surface area contributed by atoms with Crippen molar-refractivity contribution in [3.05, 3.63) is 65.0 Å². The molecule has 3 rings (SSSR count). The van der Waals surface area contributed by atoms with E-state index >= 15 is 0 Å². The van der Waals surface area contributed by atoms with Crippen molar-refractivity contribution in [1.29, 1.82) is 0 Å². The van der Waals surface area contributed by atoms with Gasteiger partial charge in [-0.15, -0.1) is 0 Å². The zero-order valence-electron chi connectivity index (χ0n) is 11.2. The highest BCUT2D eigenvalue weighted by molar-refractivity contribution is 5.31. The van der Waals surface area contributed by atoms with Gasteiger partial charge in [-0.1, -0.05) is 35.9 Å². The standard InChI is InChI=1S/C17H19NO/c1-12-5-2-7-14(11-12)17(19)15-9-3-6-13-8-4-10-18-16(13)15/h2,4-5,7-8,10-11,15,17,19H,3,6,9H2,1H3. The second-order valence-corrected chi connectivity index (χ2v) is 5.41. The lowest BCUT2D eigenvalue weighted by Gasteiger charge is -2.28. The summed E-state index contributed by atoms with van der Waals surface area (Å²) in [6.45, 7) is 2.06. The monoisotopic (exact) mass is 253 g/mol. The number of aryl methyl sites for hydroxylation is 2. The number of nitrogens with zero attached hydrogens (tertiary/aromatic N) is 1. The molecule has 1 aliphatic carbocycles. The summed E-state index contributed by atoms with van der Waals surface area (Å²) in [5.74, 6) is 0.131. The summed E-state index contributed by atoms with van der Waals surface area (Å²) < 4.78 is 0. The minimum absolute atomic E-state index is 0.131. The molecule has 1 aromatic carbocycles. The molecule has 0 saturated heterocycles. The number of pyridine rings is 1. The normalized spacial score (nSPS) is 19.8. The molecule has 2 unspecified atom stereocenters. The van der Waals surface area contributed by atoms with Crippen LogP contribution in [-0.4, -0.2) is 10.1 Å². The molecule has 0 bridgehead atoms. The lowest BCUT2D eigenvalue weighted by Crippen LogP contribution is -2.18. The minimum Gasteiger partial charge on any atom is -0.388 e. The number of aliphatic hydroxyl groups is 1. The smallest absolute Gasteiger partial charge is 0.0873 e. The van der Waals surface area contributed by atoms with Crippen LogP contribution >= 0.6 is 0 Å². The highest BCUT2D eigenvalue weighted by Crippen LogP contribution is 2.39. The molecular weight excluding hydrogens is 234 g/mol. The Morgan fingerprint density at radius 1 is 1.26 bits per heavy atom. The van der Waals surface area contributed by atoms with Crippen LogP contribution in [0.25, 0.3) is 0 Å². The van der Waals surface area contributed by atoms with E-state index in [0.29, 0.717) is 0 Å². The average Bonchev–Trinajstić information content (AvgIpc) is 2.46. The average molecular weight is 253 g/mol. The second-order valence-electron chi connectivity index (χ2n) is 5.41. The Labute approximate surface area is 114 Å². The maximum atomic E-state index is 10.7. The summed E-state index contributed by atoms with van der Waals surface area (Å²) in [6.07, 6.45) is 4.61. The summed E-state index contributed by atoms with van der Waals surface area (Å²) in [4.78, 5) is 4.51.